The molecular formula is C15H17FN2OS2. The summed E-state index contributed by atoms with van der Waals surface area (Å²) >= 11 is 3.78. The van der Waals surface area contributed by atoms with Crippen molar-refractivity contribution in [3.63, 3.8) is 0 Å². The van der Waals surface area contributed by atoms with Crippen LogP contribution in [0.15, 0.2) is 18.2 Å². The lowest BCUT2D eigenvalue weighted by Gasteiger charge is -2.21. The Morgan fingerprint density at radius 1 is 1.48 bits per heavy atom. The molecule has 21 heavy (non-hydrogen) atoms. The van der Waals surface area contributed by atoms with Gasteiger partial charge in [0.2, 0.25) is 0 Å². The minimum absolute atomic E-state index is 0.179. The third kappa shape index (κ3) is 4.95. The van der Waals surface area contributed by atoms with Gasteiger partial charge in [-0.3, -0.25) is 4.79 Å². The van der Waals surface area contributed by atoms with Crippen molar-refractivity contribution >= 4 is 29.4 Å². The molecule has 1 aliphatic heterocycles. The molecule has 1 atom stereocenters. The average Bonchev–Trinajstić information content (AvgIpc) is 2.52. The van der Waals surface area contributed by atoms with E-state index in [4.69, 9.17) is 5.73 Å². The number of nitrogens with one attached hydrogen (secondary N) is 1. The van der Waals surface area contributed by atoms with Gasteiger partial charge in [0.25, 0.3) is 5.91 Å². The summed E-state index contributed by atoms with van der Waals surface area (Å²) in [4.78, 5) is 12.0. The van der Waals surface area contributed by atoms with Gasteiger partial charge < -0.3 is 11.1 Å². The van der Waals surface area contributed by atoms with E-state index in [1.54, 1.807) is 6.07 Å². The Morgan fingerprint density at radius 3 is 3.00 bits per heavy atom. The lowest BCUT2D eigenvalue weighted by atomic mass is 10.1. The molecule has 0 spiro atoms. The normalized spacial score (nSPS) is 17.7. The number of nitrogens with two attached hydrogens (primary N) is 1. The quantitative estimate of drug-likeness (QED) is 0.831. The van der Waals surface area contributed by atoms with E-state index in [2.05, 4.69) is 17.2 Å². The van der Waals surface area contributed by atoms with Crippen molar-refractivity contribution in [3.05, 3.63) is 35.1 Å². The zero-order chi connectivity index (χ0) is 15.1. The number of halogens is 1. The molecule has 1 unspecified atom stereocenters. The molecule has 0 radical (unpaired) electrons. The van der Waals surface area contributed by atoms with Crippen LogP contribution < -0.4 is 11.1 Å². The summed E-state index contributed by atoms with van der Waals surface area (Å²) in [6.45, 7) is 0.797. The zero-order valence-electron chi connectivity index (χ0n) is 11.5. The van der Waals surface area contributed by atoms with Crippen molar-refractivity contribution in [2.75, 3.05) is 30.3 Å². The van der Waals surface area contributed by atoms with Gasteiger partial charge in [0, 0.05) is 34.6 Å². The van der Waals surface area contributed by atoms with Crippen molar-refractivity contribution in [2.24, 2.45) is 5.73 Å². The maximum Gasteiger partial charge on any atom is 0.251 e. The van der Waals surface area contributed by atoms with Crippen molar-refractivity contribution < 1.29 is 9.18 Å². The van der Waals surface area contributed by atoms with Gasteiger partial charge in [-0.25, -0.2) is 4.39 Å². The van der Waals surface area contributed by atoms with E-state index in [0.29, 0.717) is 17.4 Å². The fourth-order valence-corrected chi connectivity index (χ4v) is 4.48. The lowest BCUT2D eigenvalue weighted by molar-refractivity contribution is 0.0954. The molecule has 1 aromatic carbocycles. The summed E-state index contributed by atoms with van der Waals surface area (Å²) in [5, 5.41) is 3.30. The second kappa shape index (κ2) is 8.32. The lowest BCUT2D eigenvalue weighted by Crippen LogP contribution is -2.33. The highest BCUT2D eigenvalue weighted by atomic mass is 32.2. The number of hydrogen-bond donors (Lipinski definition) is 2. The first-order valence-electron chi connectivity index (χ1n) is 6.66. The van der Waals surface area contributed by atoms with Crippen LogP contribution in [0, 0.1) is 17.7 Å². The Bertz CT molecular complexity index is 563. The van der Waals surface area contributed by atoms with Crippen molar-refractivity contribution in [1.82, 2.24) is 5.32 Å². The Labute approximate surface area is 132 Å². The Morgan fingerprint density at radius 2 is 2.33 bits per heavy atom. The molecule has 1 aliphatic rings. The molecule has 1 aromatic rings. The minimum atomic E-state index is -0.494. The van der Waals surface area contributed by atoms with E-state index < -0.39 is 5.82 Å². The number of rotatable bonds is 3. The molecular weight excluding hydrogens is 307 g/mol. The SMILES string of the molecule is NCC#Cc1ccc(C(=O)NCC2CSCCS2)cc1F. The first-order chi connectivity index (χ1) is 10.2. The van der Waals surface area contributed by atoms with Gasteiger partial charge >= 0.3 is 0 Å². The van der Waals surface area contributed by atoms with E-state index in [9.17, 15) is 9.18 Å². The summed E-state index contributed by atoms with van der Waals surface area (Å²) < 4.78 is 13.8. The van der Waals surface area contributed by atoms with E-state index in [1.165, 1.54) is 17.9 Å². The predicted molar refractivity (Wildman–Crippen MR) is 88.2 cm³/mol. The largest absolute Gasteiger partial charge is 0.351 e. The van der Waals surface area contributed by atoms with Gasteiger partial charge in [0.1, 0.15) is 5.82 Å². The smallest absolute Gasteiger partial charge is 0.251 e. The molecule has 1 saturated heterocycles. The van der Waals surface area contributed by atoms with Gasteiger partial charge in [0.05, 0.1) is 12.1 Å². The molecule has 3 N–H and O–H groups in total. The standard InChI is InChI=1S/C15H17FN2OS2/c16-14-8-12(4-3-11(14)2-1-5-17)15(19)18-9-13-10-20-6-7-21-13/h3-4,8,13H,5-7,9-10,17H2,(H,18,19). The molecule has 6 heteroatoms. The fraction of sp³-hybridized carbons (Fsp3) is 0.400. The molecule has 1 fully saturated rings. The summed E-state index contributed by atoms with van der Waals surface area (Å²) in [5.41, 5.74) is 5.83. The first-order valence-corrected chi connectivity index (χ1v) is 8.87. The van der Waals surface area contributed by atoms with E-state index in [1.807, 2.05) is 23.5 Å². The number of thioether (sulfide) groups is 2. The Balaban J connectivity index is 1.94. The fourth-order valence-electron chi connectivity index (χ4n) is 1.87. The number of amides is 1. The summed E-state index contributed by atoms with van der Waals surface area (Å²) in [6.07, 6.45) is 0. The van der Waals surface area contributed by atoms with Crippen LogP contribution in [0.1, 0.15) is 15.9 Å². The van der Waals surface area contributed by atoms with Crippen LogP contribution in [0.4, 0.5) is 4.39 Å². The molecule has 0 aromatic heterocycles. The second-order valence-corrected chi connectivity index (χ2v) is 7.04. The summed E-state index contributed by atoms with van der Waals surface area (Å²) in [5.74, 6) is 7.83. The van der Waals surface area contributed by atoms with Gasteiger partial charge in [0.15, 0.2) is 0 Å². The average molecular weight is 324 g/mol. The van der Waals surface area contributed by atoms with Crippen LogP contribution in [0.5, 0.6) is 0 Å². The highest BCUT2D eigenvalue weighted by Crippen LogP contribution is 2.23. The molecule has 0 saturated carbocycles. The third-order valence-corrected chi connectivity index (χ3v) is 5.78. The summed E-state index contributed by atoms with van der Waals surface area (Å²) in [6, 6.07) is 4.32. The van der Waals surface area contributed by atoms with Crippen LogP contribution in [0.25, 0.3) is 0 Å². The Hall–Kier alpha value is -1.16. The molecule has 112 valence electrons. The van der Waals surface area contributed by atoms with Crippen molar-refractivity contribution in [2.45, 2.75) is 5.25 Å². The van der Waals surface area contributed by atoms with Gasteiger partial charge in [-0.15, -0.1) is 0 Å². The second-order valence-electron chi connectivity index (χ2n) is 4.48. The van der Waals surface area contributed by atoms with Gasteiger partial charge in [-0.1, -0.05) is 11.8 Å². The highest BCUT2D eigenvalue weighted by Gasteiger charge is 2.16. The van der Waals surface area contributed by atoms with Crippen LogP contribution >= 0.6 is 23.5 Å². The first kappa shape index (κ1) is 16.2. The van der Waals surface area contributed by atoms with Gasteiger partial charge in [-0.05, 0) is 18.2 Å². The van der Waals surface area contributed by atoms with Crippen LogP contribution in [-0.4, -0.2) is 41.5 Å². The molecule has 3 nitrogen and oxygen atoms in total. The van der Waals surface area contributed by atoms with Crippen molar-refractivity contribution in [3.8, 4) is 11.8 Å². The topological polar surface area (TPSA) is 55.1 Å². The third-order valence-electron chi connectivity index (χ3n) is 2.93. The van der Waals surface area contributed by atoms with Crippen LogP contribution in [0.3, 0.4) is 0 Å². The molecule has 1 amide bonds. The maximum atomic E-state index is 13.8. The minimum Gasteiger partial charge on any atom is -0.351 e. The number of benzene rings is 1. The summed E-state index contributed by atoms with van der Waals surface area (Å²) in [7, 11) is 0. The molecule has 0 aliphatic carbocycles. The predicted octanol–water partition coefficient (Wildman–Crippen LogP) is 1.71. The maximum absolute atomic E-state index is 13.8. The van der Waals surface area contributed by atoms with Crippen LogP contribution in [-0.2, 0) is 0 Å². The monoisotopic (exact) mass is 324 g/mol. The van der Waals surface area contributed by atoms with E-state index in [0.717, 1.165) is 11.5 Å². The molecule has 2 rings (SSSR count). The van der Waals surface area contributed by atoms with Crippen molar-refractivity contribution in [1.29, 1.82) is 0 Å². The molecule has 1 heterocycles. The van der Waals surface area contributed by atoms with Gasteiger partial charge in [-0.2, -0.15) is 23.5 Å². The van der Waals surface area contributed by atoms with E-state index >= 15 is 0 Å². The zero-order valence-corrected chi connectivity index (χ0v) is 13.2. The number of carbonyl (C=O) groups is 1. The Kier molecular flexibility index (Phi) is 6.43. The van der Waals surface area contributed by atoms with Crippen LogP contribution in [0.2, 0.25) is 0 Å². The molecule has 0 bridgehead atoms. The highest BCUT2D eigenvalue weighted by molar-refractivity contribution is 8.06. The number of hydrogen-bond acceptors (Lipinski definition) is 4. The van der Waals surface area contributed by atoms with E-state index in [-0.39, 0.29) is 18.0 Å². The number of carbonyl (C=O) groups excluding carboxylic acids is 1.